The molecule has 108 valence electrons. The molecule has 0 unspecified atom stereocenters. The Bertz CT molecular complexity index is 439. The van der Waals surface area contributed by atoms with Gasteiger partial charge in [0.05, 0.1) is 12.7 Å². The fourth-order valence-electron chi connectivity index (χ4n) is 4.55. The third-order valence-corrected chi connectivity index (χ3v) is 5.31. The Morgan fingerprint density at radius 1 is 1.32 bits per heavy atom. The zero-order valence-electron chi connectivity index (χ0n) is 12.1. The first-order valence-corrected chi connectivity index (χ1v) is 6.82. The number of hydrogen-bond acceptors (Lipinski definition) is 4. The molecule has 0 aromatic carbocycles. The van der Waals surface area contributed by atoms with Gasteiger partial charge in [0.15, 0.2) is 5.78 Å². The van der Waals surface area contributed by atoms with Crippen molar-refractivity contribution in [1.29, 1.82) is 0 Å². The van der Waals surface area contributed by atoms with E-state index in [-0.39, 0.29) is 11.7 Å². The molecule has 0 heterocycles. The van der Waals surface area contributed by atoms with E-state index in [1.165, 1.54) is 6.08 Å². The van der Waals surface area contributed by atoms with Gasteiger partial charge in [0.25, 0.3) is 0 Å². The van der Waals surface area contributed by atoms with Gasteiger partial charge in [-0.1, -0.05) is 20.8 Å². The average molecular weight is 268 g/mol. The van der Waals surface area contributed by atoms with Crippen LogP contribution in [-0.2, 0) is 4.79 Å². The van der Waals surface area contributed by atoms with Crippen LogP contribution in [0, 0.1) is 16.7 Å². The van der Waals surface area contributed by atoms with Gasteiger partial charge in [-0.3, -0.25) is 4.79 Å². The molecule has 4 atom stereocenters. The standard InChI is InChI=1S/C15H24O4/c1-9-5-11(18)12-13(2,3)6-10(17)7-14(12,4)15(9,19)8-16/h5,10,12,16-17,19H,6-8H2,1-4H3/t10-,12-,14-,15+/m0/s1. The van der Waals surface area contributed by atoms with E-state index in [0.717, 1.165) is 0 Å². The van der Waals surface area contributed by atoms with Crippen molar-refractivity contribution in [1.82, 2.24) is 0 Å². The van der Waals surface area contributed by atoms with Crippen molar-refractivity contribution >= 4 is 5.78 Å². The first-order chi connectivity index (χ1) is 8.58. The molecule has 0 radical (unpaired) electrons. The predicted molar refractivity (Wildman–Crippen MR) is 71.4 cm³/mol. The summed E-state index contributed by atoms with van der Waals surface area (Å²) in [5, 5.41) is 30.7. The van der Waals surface area contributed by atoms with Gasteiger partial charge >= 0.3 is 0 Å². The molecule has 2 aliphatic rings. The van der Waals surface area contributed by atoms with Crippen LogP contribution in [0.25, 0.3) is 0 Å². The number of aliphatic hydroxyl groups excluding tert-OH is 2. The van der Waals surface area contributed by atoms with Crippen molar-refractivity contribution in [3.8, 4) is 0 Å². The maximum absolute atomic E-state index is 12.4. The van der Waals surface area contributed by atoms with Gasteiger partial charge in [0, 0.05) is 11.3 Å². The van der Waals surface area contributed by atoms with Crippen LogP contribution in [-0.4, -0.2) is 39.4 Å². The molecule has 2 rings (SSSR count). The molecule has 0 aliphatic heterocycles. The Morgan fingerprint density at radius 3 is 2.42 bits per heavy atom. The fraction of sp³-hybridized carbons (Fsp3) is 0.800. The molecular weight excluding hydrogens is 244 g/mol. The summed E-state index contributed by atoms with van der Waals surface area (Å²) < 4.78 is 0. The second-order valence-corrected chi connectivity index (χ2v) is 7.15. The Hall–Kier alpha value is -0.710. The Balaban J connectivity index is 2.64. The summed E-state index contributed by atoms with van der Waals surface area (Å²) in [6, 6.07) is 0. The van der Waals surface area contributed by atoms with Crippen LogP contribution in [0.5, 0.6) is 0 Å². The van der Waals surface area contributed by atoms with Crippen LogP contribution in [0.4, 0.5) is 0 Å². The molecule has 0 saturated heterocycles. The first-order valence-electron chi connectivity index (χ1n) is 6.82. The van der Waals surface area contributed by atoms with E-state index in [2.05, 4.69) is 0 Å². The summed E-state index contributed by atoms with van der Waals surface area (Å²) in [5.41, 5.74) is -2.18. The largest absolute Gasteiger partial charge is 0.393 e. The number of fused-ring (bicyclic) bond motifs is 1. The van der Waals surface area contributed by atoms with Gasteiger partial charge in [-0.15, -0.1) is 0 Å². The summed E-state index contributed by atoms with van der Waals surface area (Å²) >= 11 is 0. The van der Waals surface area contributed by atoms with Crippen molar-refractivity contribution < 1.29 is 20.1 Å². The first kappa shape index (κ1) is 14.7. The highest BCUT2D eigenvalue weighted by molar-refractivity contribution is 5.95. The summed E-state index contributed by atoms with van der Waals surface area (Å²) in [4.78, 5) is 12.4. The van der Waals surface area contributed by atoms with Crippen molar-refractivity contribution in [2.24, 2.45) is 16.7 Å². The lowest BCUT2D eigenvalue weighted by atomic mass is 9.46. The molecular formula is C15H24O4. The molecule has 0 aromatic heterocycles. The predicted octanol–water partition coefficient (Wildman–Crippen LogP) is 1.04. The van der Waals surface area contributed by atoms with Crippen LogP contribution in [0.1, 0.15) is 40.5 Å². The number of allylic oxidation sites excluding steroid dienone is 1. The van der Waals surface area contributed by atoms with Gasteiger partial charge in [0.1, 0.15) is 5.60 Å². The Morgan fingerprint density at radius 2 is 1.89 bits per heavy atom. The number of carbonyl (C=O) groups excluding carboxylic acids is 1. The summed E-state index contributed by atoms with van der Waals surface area (Å²) in [5.74, 6) is -0.390. The smallest absolute Gasteiger partial charge is 0.160 e. The SMILES string of the molecule is CC1=CC(=O)[C@H]2C(C)(C)C[C@H](O)C[C@]2(C)[C@@]1(O)CO. The molecule has 4 heteroatoms. The van der Waals surface area contributed by atoms with Gasteiger partial charge in [-0.25, -0.2) is 0 Å². The third kappa shape index (κ3) is 1.81. The van der Waals surface area contributed by atoms with Gasteiger partial charge in [-0.05, 0) is 36.8 Å². The summed E-state index contributed by atoms with van der Waals surface area (Å²) in [6.45, 7) is 6.94. The van der Waals surface area contributed by atoms with Crippen molar-refractivity contribution in [2.75, 3.05) is 6.61 Å². The molecule has 1 fully saturated rings. The fourth-order valence-corrected chi connectivity index (χ4v) is 4.55. The molecule has 4 nitrogen and oxygen atoms in total. The minimum absolute atomic E-state index is 0.00461. The van der Waals surface area contributed by atoms with E-state index in [1.54, 1.807) is 6.92 Å². The monoisotopic (exact) mass is 268 g/mol. The number of aliphatic hydroxyl groups is 3. The maximum Gasteiger partial charge on any atom is 0.160 e. The molecule has 0 spiro atoms. The molecule has 2 aliphatic carbocycles. The molecule has 3 N–H and O–H groups in total. The topological polar surface area (TPSA) is 77.8 Å². The van der Waals surface area contributed by atoms with Crippen LogP contribution in [0.2, 0.25) is 0 Å². The quantitative estimate of drug-likeness (QED) is 0.664. The summed E-state index contributed by atoms with van der Waals surface area (Å²) in [6.07, 6.45) is 1.76. The number of rotatable bonds is 1. The van der Waals surface area contributed by atoms with Gasteiger partial charge < -0.3 is 15.3 Å². The van der Waals surface area contributed by atoms with E-state index >= 15 is 0 Å². The Labute approximate surface area is 114 Å². The molecule has 1 saturated carbocycles. The zero-order chi connectivity index (χ0) is 14.6. The van der Waals surface area contributed by atoms with E-state index in [1.807, 2.05) is 20.8 Å². The highest BCUT2D eigenvalue weighted by atomic mass is 16.3. The van der Waals surface area contributed by atoms with Crippen LogP contribution in [0.3, 0.4) is 0 Å². The number of hydrogen-bond donors (Lipinski definition) is 3. The average Bonchev–Trinajstić information content (AvgIpc) is 2.22. The highest BCUT2D eigenvalue weighted by Gasteiger charge is 2.63. The van der Waals surface area contributed by atoms with Crippen molar-refractivity contribution in [3.05, 3.63) is 11.6 Å². The number of carbonyl (C=O) groups is 1. The summed E-state index contributed by atoms with van der Waals surface area (Å²) in [7, 11) is 0. The van der Waals surface area contributed by atoms with E-state index in [9.17, 15) is 20.1 Å². The molecule has 0 amide bonds. The highest BCUT2D eigenvalue weighted by Crippen LogP contribution is 2.59. The van der Waals surface area contributed by atoms with Gasteiger partial charge in [0.2, 0.25) is 0 Å². The third-order valence-electron chi connectivity index (χ3n) is 5.31. The van der Waals surface area contributed by atoms with Crippen molar-refractivity contribution in [3.63, 3.8) is 0 Å². The lowest BCUT2D eigenvalue weighted by Crippen LogP contribution is -2.65. The van der Waals surface area contributed by atoms with Gasteiger partial charge in [-0.2, -0.15) is 0 Å². The normalized spacial score (nSPS) is 45.6. The van der Waals surface area contributed by atoms with Crippen LogP contribution in [0.15, 0.2) is 11.6 Å². The van der Waals surface area contributed by atoms with E-state index < -0.39 is 29.1 Å². The van der Waals surface area contributed by atoms with Crippen LogP contribution < -0.4 is 0 Å². The second-order valence-electron chi connectivity index (χ2n) is 7.15. The number of ketones is 1. The lowest BCUT2D eigenvalue weighted by molar-refractivity contribution is -0.186. The minimum Gasteiger partial charge on any atom is -0.393 e. The van der Waals surface area contributed by atoms with Crippen molar-refractivity contribution in [2.45, 2.75) is 52.2 Å². The molecule has 19 heavy (non-hydrogen) atoms. The molecule has 0 bridgehead atoms. The van der Waals surface area contributed by atoms with E-state index in [4.69, 9.17) is 0 Å². The Kier molecular flexibility index (Phi) is 3.20. The lowest BCUT2D eigenvalue weighted by Gasteiger charge is -2.59. The maximum atomic E-state index is 12.4. The zero-order valence-corrected chi connectivity index (χ0v) is 12.1. The minimum atomic E-state index is -1.44. The second kappa shape index (κ2) is 4.14. The molecule has 0 aromatic rings. The van der Waals surface area contributed by atoms with Crippen LogP contribution >= 0.6 is 0 Å². The van der Waals surface area contributed by atoms with E-state index in [0.29, 0.717) is 18.4 Å².